The van der Waals surface area contributed by atoms with Gasteiger partial charge in [0.15, 0.2) is 0 Å². The van der Waals surface area contributed by atoms with E-state index in [0.29, 0.717) is 18.5 Å². The second-order valence-electron chi connectivity index (χ2n) is 5.55. The number of hydrogen-bond acceptors (Lipinski definition) is 2. The zero-order valence-electron chi connectivity index (χ0n) is 10.9. The molecule has 0 radical (unpaired) electrons. The van der Waals surface area contributed by atoms with E-state index in [2.05, 4.69) is 33.7 Å². The summed E-state index contributed by atoms with van der Waals surface area (Å²) in [5.74, 6) is 1.01. The third kappa shape index (κ3) is 2.43. The molecule has 1 aromatic rings. The minimum Gasteiger partial charge on any atom is -0.352 e. The molecule has 2 fully saturated rings. The third-order valence-corrected chi connectivity index (χ3v) is 4.05. The lowest BCUT2D eigenvalue weighted by molar-refractivity contribution is -0.119. The molecule has 98 valence electrons. The van der Waals surface area contributed by atoms with E-state index in [9.17, 15) is 4.79 Å². The fourth-order valence-corrected chi connectivity index (χ4v) is 2.93. The molecule has 18 heavy (non-hydrogen) atoms. The number of rotatable bonds is 5. The number of nitrogens with one attached hydrogen (secondary N) is 2. The van der Waals surface area contributed by atoms with Crippen LogP contribution >= 0.6 is 0 Å². The predicted molar refractivity (Wildman–Crippen MR) is 70.1 cm³/mol. The van der Waals surface area contributed by atoms with Gasteiger partial charge < -0.3 is 15.2 Å². The molecule has 3 rings (SSSR count). The molecular weight excluding hydrogens is 226 g/mol. The van der Waals surface area contributed by atoms with Gasteiger partial charge in [0.2, 0.25) is 5.91 Å². The molecule has 0 bridgehead atoms. The molecule has 2 unspecified atom stereocenters. The second-order valence-corrected chi connectivity index (χ2v) is 5.55. The van der Waals surface area contributed by atoms with Gasteiger partial charge in [0.25, 0.3) is 0 Å². The summed E-state index contributed by atoms with van der Waals surface area (Å²) in [5, 5.41) is 6.43. The third-order valence-electron chi connectivity index (χ3n) is 4.05. The average Bonchev–Trinajstić information content (AvgIpc) is 2.94. The molecule has 0 spiro atoms. The van der Waals surface area contributed by atoms with Crippen molar-refractivity contribution in [3.63, 3.8) is 0 Å². The Hall–Kier alpha value is -1.29. The standard InChI is InChI=1S/C14H21N3O/c1-15-14(10-2-3-10)11-6-7-17(8-11)9-12-4-5-13(18)16-12/h6-8,10,12,14-15H,2-5,9H2,1H3,(H,16,18). The van der Waals surface area contributed by atoms with E-state index in [-0.39, 0.29) is 5.91 Å². The molecular formula is C14H21N3O. The van der Waals surface area contributed by atoms with Crippen molar-refractivity contribution in [1.82, 2.24) is 15.2 Å². The van der Waals surface area contributed by atoms with Crippen LogP contribution in [0, 0.1) is 5.92 Å². The van der Waals surface area contributed by atoms with Crippen molar-refractivity contribution in [1.29, 1.82) is 0 Å². The predicted octanol–water partition coefficient (Wildman–Crippen LogP) is 1.44. The number of carbonyl (C=O) groups excluding carboxylic acids is 1. The van der Waals surface area contributed by atoms with Gasteiger partial charge in [-0.05, 0) is 43.9 Å². The zero-order chi connectivity index (χ0) is 12.5. The summed E-state index contributed by atoms with van der Waals surface area (Å²) in [4.78, 5) is 11.2. The molecule has 2 heterocycles. The molecule has 1 aliphatic carbocycles. The lowest BCUT2D eigenvalue weighted by Gasteiger charge is -2.14. The van der Waals surface area contributed by atoms with Crippen molar-refractivity contribution in [2.45, 2.75) is 44.3 Å². The van der Waals surface area contributed by atoms with E-state index in [4.69, 9.17) is 0 Å². The van der Waals surface area contributed by atoms with E-state index in [0.717, 1.165) is 18.9 Å². The van der Waals surface area contributed by atoms with Crippen molar-refractivity contribution in [3.8, 4) is 0 Å². The highest BCUT2D eigenvalue weighted by Gasteiger charge is 2.31. The van der Waals surface area contributed by atoms with Crippen molar-refractivity contribution >= 4 is 5.91 Å². The highest BCUT2D eigenvalue weighted by Crippen LogP contribution is 2.40. The quantitative estimate of drug-likeness (QED) is 0.827. The minimum absolute atomic E-state index is 0.193. The van der Waals surface area contributed by atoms with Crippen molar-refractivity contribution in [3.05, 3.63) is 24.0 Å². The van der Waals surface area contributed by atoms with Crippen LogP contribution in [0.2, 0.25) is 0 Å². The van der Waals surface area contributed by atoms with E-state index in [1.807, 2.05) is 7.05 Å². The first-order valence-electron chi connectivity index (χ1n) is 6.88. The first-order valence-corrected chi connectivity index (χ1v) is 6.88. The van der Waals surface area contributed by atoms with Gasteiger partial charge in [-0.2, -0.15) is 0 Å². The Bertz CT molecular complexity index is 436. The highest BCUT2D eigenvalue weighted by molar-refractivity contribution is 5.78. The number of hydrogen-bond donors (Lipinski definition) is 2. The maximum atomic E-state index is 11.2. The maximum absolute atomic E-state index is 11.2. The summed E-state index contributed by atoms with van der Waals surface area (Å²) in [7, 11) is 2.04. The van der Waals surface area contributed by atoms with Crippen molar-refractivity contribution in [2.24, 2.45) is 5.92 Å². The topological polar surface area (TPSA) is 46.1 Å². The fourth-order valence-electron chi connectivity index (χ4n) is 2.93. The Kier molecular flexibility index (Phi) is 3.12. The number of aromatic nitrogens is 1. The normalized spacial score (nSPS) is 25.2. The molecule has 0 aromatic carbocycles. The van der Waals surface area contributed by atoms with Gasteiger partial charge >= 0.3 is 0 Å². The van der Waals surface area contributed by atoms with E-state index >= 15 is 0 Å². The van der Waals surface area contributed by atoms with Crippen LogP contribution in [0.15, 0.2) is 18.5 Å². The van der Waals surface area contributed by atoms with Crippen LogP contribution in [-0.2, 0) is 11.3 Å². The lowest BCUT2D eigenvalue weighted by atomic mass is 10.1. The van der Waals surface area contributed by atoms with E-state index in [1.165, 1.54) is 18.4 Å². The summed E-state index contributed by atoms with van der Waals surface area (Å²) in [6.07, 6.45) is 8.69. The molecule has 2 N–H and O–H groups in total. The molecule has 1 amide bonds. The Morgan fingerprint density at radius 1 is 1.50 bits per heavy atom. The molecule has 2 aliphatic rings. The van der Waals surface area contributed by atoms with E-state index < -0.39 is 0 Å². The summed E-state index contributed by atoms with van der Waals surface area (Å²) >= 11 is 0. The van der Waals surface area contributed by atoms with E-state index in [1.54, 1.807) is 0 Å². The molecule has 2 atom stereocenters. The SMILES string of the molecule is CNC(c1ccn(CC2CCC(=O)N2)c1)C1CC1. The molecule has 1 aliphatic heterocycles. The van der Waals surface area contributed by atoms with Crippen LogP contribution in [-0.4, -0.2) is 23.6 Å². The summed E-state index contributed by atoms with van der Waals surface area (Å²) in [6.45, 7) is 0.896. The van der Waals surface area contributed by atoms with Gasteiger partial charge in [0, 0.05) is 37.4 Å². The Morgan fingerprint density at radius 3 is 2.94 bits per heavy atom. The van der Waals surface area contributed by atoms with Crippen LogP contribution in [0.25, 0.3) is 0 Å². The Balaban J connectivity index is 1.63. The van der Waals surface area contributed by atoms with Gasteiger partial charge in [0.1, 0.15) is 0 Å². The van der Waals surface area contributed by atoms with Gasteiger partial charge in [-0.3, -0.25) is 4.79 Å². The second kappa shape index (κ2) is 4.76. The summed E-state index contributed by atoms with van der Waals surface area (Å²) in [6, 6.07) is 3.02. The van der Waals surface area contributed by atoms with Gasteiger partial charge in [0.05, 0.1) is 0 Å². The van der Waals surface area contributed by atoms with Crippen LogP contribution < -0.4 is 10.6 Å². The lowest BCUT2D eigenvalue weighted by Crippen LogP contribution is -2.29. The van der Waals surface area contributed by atoms with Crippen LogP contribution in [0.3, 0.4) is 0 Å². The molecule has 4 heteroatoms. The number of carbonyl (C=O) groups is 1. The summed E-state index contributed by atoms with van der Waals surface area (Å²) < 4.78 is 2.21. The summed E-state index contributed by atoms with van der Waals surface area (Å²) in [5.41, 5.74) is 1.38. The van der Waals surface area contributed by atoms with Crippen LogP contribution in [0.4, 0.5) is 0 Å². The fraction of sp³-hybridized carbons (Fsp3) is 0.643. The zero-order valence-corrected chi connectivity index (χ0v) is 10.9. The average molecular weight is 247 g/mol. The number of nitrogens with zero attached hydrogens (tertiary/aromatic N) is 1. The van der Waals surface area contributed by atoms with Crippen molar-refractivity contribution < 1.29 is 4.79 Å². The Labute approximate surface area is 108 Å². The Morgan fingerprint density at radius 2 is 2.33 bits per heavy atom. The molecule has 1 saturated heterocycles. The molecule has 1 aromatic heterocycles. The minimum atomic E-state index is 0.193. The van der Waals surface area contributed by atoms with Gasteiger partial charge in [-0.1, -0.05) is 0 Å². The smallest absolute Gasteiger partial charge is 0.220 e. The largest absolute Gasteiger partial charge is 0.352 e. The monoisotopic (exact) mass is 247 g/mol. The van der Waals surface area contributed by atoms with Gasteiger partial charge in [-0.15, -0.1) is 0 Å². The molecule has 4 nitrogen and oxygen atoms in total. The first kappa shape index (κ1) is 11.8. The first-order chi connectivity index (χ1) is 8.76. The highest BCUT2D eigenvalue weighted by atomic mass is 16.1. The molecule has 1 saturated carbocycles. The van der Waals surface area contributed by atoms with Crippen LogP contribution in [0.1, 0.15) is 37.3 Å². The van der Waals surface area contributed by atoms with Crippen LogP contribution in [0.5, 0.6) is 0 Å². The van der Waals surface area contributed by atoms with Gasteiger partial charge in [-0.25, -0.2) is 0 Å². The van der Waals surface area contributed by atoms with Crippen molar-refractivity contribution in [2.75, 3.05) is 7.05 Å². The maximum Gasteiger partial charge on any atom is 0.220 e. The number of amides is 1.